The molecule has 5 nitrogen and oxygen atoms in total. The van der Waals surface area contributed by atoms with Gasteiger partial charge in [-0.2, -0.15) is 0 Å². The molecule has 1 fully saturated rings. The largest absolute Gasteiger partial charge is 0.328 e. The van der Waals surface area contributed by atoms with Gasteiger partial charge in [0.1, 0.15) is 0 Å². The molecule has 1 saturated heterocycles. The third-order valence-corrected chi connectivity index (χ3v) is 7.34. The summed E-state index contributed by atoms with van der Waals surface area (Å²) in [6, 6.07) is 22.4. The molecule has 3 aromatic carbocycles. The zero-order valence-corrected chi connectivity index (χ0v) is 21.8. The van der Waals surface area contributed by atoms with Crippen LogP contribution in [0.1, 0.15) is 50.2 Å². The van der Waals surface area contributed by atoms with Crippen molar-refractivity contribution in [1.29, 1.82) is 0 Å². The molecule has 0 aliphatic carbocycles. The van der Waals surface area contributed by atoms with E-state index in [4.69, 9.17) is 11.6 Å². The van der Waals surface area contributed by atoms with Crippen molar-refractivity contribution >= 4 is 34.2 Å². The van der Waals surface area contributed by atoms with E-state index < -0.39 is 6.04 Å². The fraction of sp³-hybridized carbons (Fsp3) is 0.258. The molecule has 1 amide bonds. The molecule has 5 rings (SSSR count). The Labute approximate surface area is 222 Å². The van der Waals surface area contributed by atoms with E-state index in [1.807, 2.05) is 62.5 Å². The summed E-state index contributed by atoms with van der Waals surface area (Å²) in [5.41, 5.74) is 5.39. The number of Topliss-reactive ketones (excluding diaryl/α,β-unsaturated/α-hetero) is 1. The highest BCUT2D eigenvalue weighted by Gasteiger charge is 2.37. The average molecular weight is 512 g/mol. The number of nitrogens with zero attached hydrogens (tertiary/aromatic N) is 2. The third-order valence-electron chi connectivity index (χ3n) is 7.08. The van der Waals surface area contributed by atoms with E-state index >= 15 is 0 Å². The summed E-state index contributed by atoms with van der Waals surface area (Å²) >= 11 is 6.06. The number of carbonyl (C=O) groups excluding carboxylic acids is 2. The molecule has 1 aliphatic rings. The van der Waals surface area contributed by atoms with Crippen LogP contribution in [-0.2, 0) is 6.54 Å². The van der Waals surface area contributed by atoms with Gasteiger partial charge in [0.25, 0.3) is 5.91 Å². The lowest BCUT2D eigenvalue weighted by atomic mass is 9.90. The number of benzene rings is 3. The Balaban J connectivity index is 1.39. The van der Waals surface area contributed by atoms with Gasteiger partial charge < -0.3 is 10.2 Å². The summed E-state index contributed by atoms with van der Waals surface area (Å²) in [6.07, 6.45) is 3.14. The molecule has 37 heavy (non-hydrogen) atoms. The minimum atomic E-state index is -0.560. The molecule has 2 heterocycles. The van der Waals surface area contributed by atoms with Gasteiger partial charge in [-0.05, 0) is 80.8 Å². The van der Waals surface area contributed by atoms with E-state index in [1.165, 1.54) is 5.56 Å². The number of pyridine rings is 1. The van der Waals surface area contributed by atoms with Crippen molar-refractivity contribution in [2.75, 3.05) is 6.54 Å². The van der Waals surface area contributed by atoms with E-state index in [-0.39, 0.29) is 17.7 Å². The lowest BCUT2D eigenvalue weighted by Gasteiger charge is -2.39. The van der Waals surface area contributed by atoms with Gasteiger partial charge in [-0.1, -0.05) is 47.0 Å². The maximum absolute atomic E-state index is 13.7. The number of carbonyl (C=O) groups is 2. The van der Waals surface area contributed by atoms with Crippen molar-refractivity contribution in [3.63, 3.8) is 0 Å². The summed E-state index contributed by atoms with van der Waals surface area (Å²) in [7, 11) is 0. The standard InChI is InChI=1S/C31H30ClN3O2/c1-20-15-21(2)17-24(16-20)31(37)35-14-12-26(18-29(35)30(36)22-7-9-25(32)10-8-22)34-19-23-11-13-33-28-6-4-3-5-27(23)28/h3-11,13,15-17,26,29,34H,12,14,18-19H2,1-2H3/t26-,29+/m0/s1. The number of likely N-dealkylation sites (tertiary alicyclic amines) is 1. The molecule has 6 heteroatoms. The Hall–Kier alpha value is -3.54. The lowest BCUT2D eigenvalue weighted by molar-refractivity contribution is 0.0513. The molecule has 1 aliphatic heterocycles. The van der Waals surface area contributed by atoms with Crippen LogP contribution in [0.15, 0.2) is 79.0 Å². The van der Waals surface area contributed by atoms with Crippen molar-refractivity contribution in [3.8, 4) is 0 Å². The first-order valence-corrected chi connectivity index (χ1v) is 13.0. The van der Waals surface area contributed by atoms with Gasteiger partial charge >= 0.3 is 0 Å². The molecule has 0 unspecified atom stereocenters. The molecule has 1 N–H and O–H groups in total. The summed E-state index contributed by atoms with van der Waals surface area (Å²) in [4.78, 5) is 33.6. The number of piperidine rings is 1. The van der Waals surface area contributed by atoms with E-state index in [0.717, 1.165) is 28.5 Å². The predicted octanol–water partition coefficient (Wildman–Crippen LogP) is 6.15. The summed E-state index contributed by atoms with van der Waals surface area (Å²) < 4.78 is 0. The summed E-state index contributed by atoms with van der Waals surface area (Å²) in [5.74, 6) is -0.159. The second-order valence-corrected chi connectivity index (χ2v) is 10.3. The Morgan fingerprint density at radius 1 is 0.973 bits per heavy atom. The van der Waals surface area contributed by atoms with Crippen LogP contribution >= 0.6 is 11.6 Å². The SMILES string of the molecule is Cc1cc(C)cc(C(=O)N2CC[C@H](NCc3ccnc4ccccc34)C[C@@H]2C(=O)c2ccc(Cl)cc2)c1. The van der Waals surface area contributed by atoms with Crippen LogP contribution in [0.3, 0.4) is 0 Å². The van der Waals surface area contributed by atoms with Gasteiger partial charge in [-0.3, -0.25) is 14.6 Å². The molecule has 0 bridgehead atoms. The van der Waals surface area contributed by atoms with E-state index in [0.29, 0.717) is 35.7 Å². The number of rotatable bonds is 6. The number of nitrogens with one attached hydrogen (secondary N) is 1. The first-order valence-electron chi connectivity index (χ1n) is 12.6. The summed E-state index contributed by atoms with van der Waals surface area (Å²) in [6.45, 7) is 5.14. The number of aryl methyl sites for hydroxylation is 2. The first kappa shape index (κ1) is 25.1. The fourth-order valence-corrected chi connectivity index (χ4v) is 5.40. The normalized spacial score (nSPS) is 17.6. The second-order valence-electron chi connectivity index (χ2n) is 9.85. The Morgan fingerprint density at radius 2 is 1.70 bits per heavy atom. The first-order chi connectivity index (χ1) is 17.9. The number of amides is 1. The van der Waals surface area contributed by atoms with Crippen molar-refractivity contribution < 1.29 is 9.59 Å². The zero-order valence-electron chi connectivity index (χ0n) is 21.1. The lowest BCUT2D eigenvalue weighted by Crippen LogP contribution is -2.54. The smallest absolute Gasteiger partial charge is 0.254 e. The zero-order chi connectivity index (χ0) is 25.9. The van der Waals surface area contributed by atoms with E-state index in [2.05, 4.69) is 16.4 Å². The van der Waals surface area contributed by atoms with Gasteiger partial charge in [0, 0.05) is 46.9 Å². The van der Waals surface area contributed by atoms with Crippen LogP contribution in [0.5, 0.6) is 0 Å². The fourth-order valence-electron chi connectivity index (χ4n) is 5.28. The van der Waals surface area contributed by atoms with Crippen LogP contribution in [0.4, 0.5) is 0 Å². The van der Waals surface area contributed by atoms with Gasteiger partial charge in [0.15, 0.2) is 5.78 Å². The quantitative estimate of drug-likeness (QED) is 0.315. The monoisotopic (exact) mass is 511 g/mol. The van der Waals surface area contributed by atoms with Crippen LogP contribution in [0.2, 0.25) is 5.02 Å². The third kappa shape index (κ3) is 5.58. The van der Waals surface area contributed by atoms with Crippen molar-refractivity contribution in [2.45, 2.75) is 45.3 Å². The Kier molecular flexibility index (Phi) is 7.36. The predicted molar refractivity (Wildman–Crippen MR) is 148 cm³/mol. The number of ketones is 1. The van der Waals surface area contributed by atoms with E-state index in [9.17, 15) is 9.59 Å². The van der Waals surface area contributed by atoms with Crippen molar-refractivity contribution in [2.24, 2.45) is 0 Å². The van der Waals surface area contributed by atoms with Gasteiger partial charge in [0.05, 0.1) is 11.6 Å². The van der Waals surface area contributed by atoms with Crippen molar-refractivity contribution in [1.82, 2.24) is 15.2 Å². The highest BCUT2D eigenvalue weighted by Crippen LogP contribution is 2.26. The molecular formula is C31H30ClN3O2. The maximum Gasteiger partial charge on any atom is 0.254 e. The Bertz CT molecular complexity index is 1430. The summed E-state index contributed by atoms with van der Waals surface area (Å²) in [5, 5.41) is 5.35. The topological polar surface area (TPSA) is 62.3 Å². The average Bonchev–Trinajstić information content (AvgIpc) is 2.91. The van der Waals surface area contributed by atoms with E-state index in [1.54, 1.807) is 29.2 Å². The van der Waals surface area contributed by atoms with Crippen LogP contribution in [0.25, 0.3) is 10.9 Å². The minimum Gasteiger partial charge on any atom is -0.328 e. The molecule has 4 aromatic rings. The van der Waals surface area contributed by atoms with Gasteiger partial charge in [-0.25, -0.2) is 0 Å². The van der Waals surface area contributed by atoms with Gasteiger partial charge in [-0.15, -0.1) is 0 Å². The van der Waals surface area contributed by atoms with Crippen LogP contribution in [0, 0.1) is 13.8 Å². The van der Waals surface area contributed by atoms with Crippen LogP contribution < -0.4 is 5.32 Å². The minimum absolute atomic E-state index is 0.0600. The molecule has 0 spiro atoms. The highest BCUT2D eigenvalue weighted by molar-refractivity contribution is 6.30. The second kappa shape index (κ2) is 10.8. The maximum atomic E-state index is 13.7. The molecular weight excluding hydrogens is 482 g/mol. The molecule has 1 aromatic heterocycles. The molecule has 2 atom stereocenters. The number of fused-ring (bicyclic) bond motifs is 1. The molecule has 0 radical (unpaired) electrons. The molecule has 0 saturated carbocycles. The Morgan fingerprint density at radius 3 is 2.46 bits per heavy atom. The number of hydrogen-bond acceptors (Lipinski definition) is 4. The van der Waals surface area contributed by atoms with Crippen LogP contribution in [-0.4, -0.2) is 40.2 Å². The van der Waals surface area contributed by atoms with Gasteiger partial charge in [0.2, 0.25) is 0 Å². The number of para-hydroxylation sites is 1. The molecule has 188 valence electrons. The van der Waals surface area contributed by atoms with Crippen molar-refractivity contribution in [3.05, 3.63) is 112 Å². The number of hydrogen-bond donors (Lipinski definition) is 1. The highest BCUT2D eigenvalue weighted by atomic mass is 35.5. The number of aromatic nitrogens is 1. The number of halogens is 1.